The zero-order chi connectivity index (χ0) is 19.7. The minimum atomic E-state index is -3.70. The Labute approximate surface area is 158 Å². The summed E-state index contributed by atoms with van der Waals surface area (Å²) in [4.78, 5) is 12.1. The molecule has 0 spiro atoms. The van der Waals surface area contributed by atoms with Gasteiger partial charge in [0.15, 0.2) is 5.69 Å². The van der Waals surface area contributed by atoms with E-state index in [1.165, 1.54) is 12.1 Å². The van der Waals surface area contributed by atoms with E-state index in [4.69, 9.17) is 9.88 Å². The van der Waals surface area contributed by atoms with Crippen LogP contribution in [-0.2, 0) is 21.2 Å². The quantitative estimate of drug-likeness (QED) is 0.501. The highest BCUT2D eigenvalue weighted by atomic mass is 32.2. The molecule has 146 valence electrons. The summed E-state index contributed by atoms with van der Waals surface area (Å²) in [5.74, 6) is 0.271. The first-order chi connectivity index (χ1) is 12.9. The lowest BCUT2D eigenvalue weighted by molar-refractivity contribution is 0.0948. The number of rotatable bonds is 10. The Hall–Kier alpha value is -2.56. The predicted octanol–water partition coefficient (Wildman–Crippen LogP) is 0.545. The van der Waals surface area contributed by atoms with Crippen molar-refractivity contribution in [2.24, 2.45) is 5.14 Å². The van der Waals surface area contributed by atoms with Gasteiger partial charge in [-0.1, -0.05) is 12.1 Å². The average Bonchev–Trinajstić information content (AvgIpc) is 2.65. The summed E-state index contributed by atoms with van der Waals surface area (Å²) in [6.45, 7) is 1.75. The molecule has 27 heavy (non-hydrogen) atoms. The van der Waals surface area contributed by atoms with Crippen LogP contribution in [0.1, 0.15) is 22.5 Å². The van der Waals surface area contributed by atoms with Gasteiger partial charge in [0.05, 0.1) is 4.90 Å². The van der Waals surface area contributed by atoms with Gasteiger partial charge in [0.25, 0.3) is 5.91 Å². The monoisotopic (exact) mass is 393 g/mol. The maximum Gasteiger partial charge on any atom is 0.271 e. The minimum absolute atomic E-state index is 0.0569. The number of carbonyl (C=O) groups excluding carboxylic acids is 1. The van der Waals surface area contributed by atoms with Crippen molar-refractivity contribution in [1.82, 2.24) is 15.5 Å². The van der Waals surface area contributed by atoms with Gasteiger partial charge < -0.3 is 15.4 Å². The van der Waals surface area contributed by atoms with Crippen LogP contribution in [0, 0.1) is 0 Å². The maximum absolute atomic E-state index is 12.1. The molecule has 2 rings (SSSR count). The minimum Gasteiger partial charge on any atom is -0.385 e. The highest BCUT2D eigenvalue weighted by molar-refractivity contribution is 7.89. The van der Waals surface area contributed by atoms with E-state index in [0.29, 0.717) is 31.9 Å². The number of primary sulfonamides is 1. The summed E-state index contributed by atoms with van der Waals surface area (Å²) in [7, 11) is -2.05. The molecule has 0 saturated heterocycles. The first kappa shape index (κ1) is 20.7. The van der Waals surface area contributed by atoms with Crippen molar-refractivity contribution < 1.29 is 17.9 Å². The van der Waals surface area contributed by atoms with Crippen molar-refractivity contribution in [2.45, 2.75) is 17.7 Å². The molecule has 9 nitrogen and oxygen atoms in total. The summed E-state index contributed by atoms with van der Waals surface area (Å²) in [5, 5.41) is 18.8. The van der Waals surface area contributed by atoms with Crippen molar-refractivity contribution in [3.05, 3.63) is 47.7 Å². The lowest BCUT2D eigenvalue weighted by Crippen LogP contribution is -2.26. The molecule has 1 heterocycles. The molecule has 0 aliphatic rings. The fourth-order valence-electron chi connectivity index (χ4n) is 2.24. The predicted molar refractivity (Wildman–Crippen MR) is 101 cm³/mol. The van der Waals surface area contributed by atoms with E-state index < -0.39 is 10.0 Å². The Morgan fingerprint density at radius 1 is 1.11 bits per heavy atom. The topological polar surface area (TPSA) is 136 Å². The molecule has 0 atom stereocenters. The fourth-order valence-corrected chi connectivity index (χ4v) is 2.75. The summed E-state index contributed by atoms with van der Waals surface area (Å²) in [6, 6.07) is 9.50. The third-order valence-electron chi connectivity index (χ3n) is 3.68. The smallest absolute Gasteiger partial charge is 0.271 e. The Morgan fingerprint density at radius 3 is 2.44 bits per heavy atom. The lowest BCUT2D eigenvalue weighted by atomic mass is 10.1. The SMILES string of the molecule is COCCCNc1ccc(C(=O)NCCc2ccc(S(N)(=O)=O)cc2)nn1. The number of nitrogens with two attached hydrogens (primary N) is 1. The second-order valence-corrected chi connectivity index (χ2v) is 7.33. The van der Waals surface area contributed by atoms with Gasteiger partial charge in [-0.25, -0.2) is 13.6 Å². The van der Waals surface area contributed by atoms with E-state index >= 15 is 0 Å². The zero-order valence-corrected chi connectivity index (χ0v) is 15.8. The van der Waals surface area contributed by atoms with Crippen LogP contribution in [0.2, 0.25) is 0 Å². The van der Waals surface area contributed by atoms with Crippen molar-refractivity contribution in [3.8, 4) is 0 Å². The molecule has 0 saturated carbocycles. The third-order valence-corrected chi connectivity index (χ3v) is 4.61. The molecule has 1 aromatic heterocycles. The molecule has 0 fully saturated rings. The molecule has 0 bridgehead atoms. The third kappa shape index (κ3) is 6.93. The van der Waals surface area contributed by atoms with Gasteiger partial charge >= 0.3 is 0 Å². The Balaban J connectivity index is 1.78. The number of methoxy groups -OCH3 is 1. The van der Waals surface area contributed by atoms with Crippen LogP contribution in [0.25, 0.3) is 0 Å². The van der Waals surface area contributed by atoms with Crippen LogP contribution < -0.4 is 15.8 Å². The second kappa shape index (κ2) is 9.95. The number of hydrogen-bond donors (Lipinski definition) is 3. The number of nitrogens with one attached hydrogen (secondary N) is 2. The van der Waals surface area contributed by atoms with Crippen LogP contribution in [-0.4, -0.2) is 51.3 Å². The van der Waals surface area contributed by atoms with Gasteiger partial charge in [-0.3, -0.25) is 4.79 Å². The van der Waals surface area contributed by atoms with Gasteiger partial charge in [0, 0.05) is 26.8 Å². The zero-order valence-electron chi connectivity index (χ0n) is 15.0. The van der Waals surface area contributed by atoms with E-state index in [1.54, 1.807) is 31.4 Å². The molecule has 1 aromatic carbocycles. The number of benzene rings is 1. The molecule has 10 heteroatoms. The molecule has 0 aliphatic heterocycles. The molecule has 2 aromatic rings. The van der Waals surface area contributed by atoms with E-state index in [2.05, 4.69) is 20.8 Å². The first-order valence-electron chi connectivity index (χ1n) is 8.36. The number of ether oxygens (including phenoxy) is 1. The van der Waals surface area contributed by atoms with Gasteiger partial charge in [0.2, 0.25) is 10.0 Å². The van der Waals surface area contributed by atoms with Crippen LogP contribution >= 0.6 is 0 Å². The van der Waals surface area contributed by atoms with Crippen molar-refractivity contribution >= 4 is 21.7 Å². The number of nitrogens with zero attached hydrogens (tertiary/aromatic N) is 2. The maximum atomic E-state index is 12.1. The second-order valence-electron chi connectivity index (χ2n) is 5.77. The van der Waals surface area contributed by atoms with E-state index in [1.807, 2.05) is 0 Å². The summed E-state index contributed by atoms with van der Waals surface area (Å²) < 4.78 is 27.4. The normalized spacial score (nSPS) is 11.2. The van der Waals surface area contributed by atoms with E-state index in [-0.39, 0.29) is 16.5 Å². The van der Waals surface area contributed by atoms with E-state index in [0.717, 1.165) is 12.0 Å². The molecular formula is C17H23N5O4S. The molecule has 4 N–H and O–H groups in total. The van der Waals surface area contributed by atoms with Gasteiger partial charge in [-0.15, -0.1) is 10.2 Å². The van der Waals surface area contributed by atoms with Crippen LogP contribution in [0.4, 0.5) is 5.82 Å². The number of hydrogen-bond acceptors (Lipinski definition) is 7. The summed E-state index contributed by atoms with van der Waals surface area (Å²) in [6.07, 6.45) is 1.39. The van der Waals surface area contributed by atoms with Gasteiger partial charge in [-0.2, -0.15) is 0 Å². The summed E-state index contributed by atoms with van der Waals surface area (Å²) >= 11 is 0. The molecule has 0 aliphatic carbocycles. The first-order valence-corrected chi connectivity index (χ1v) is 9.91. The standard InChI is InChI=1S/C17H23N5O4S/c1-26-12-2-10-19-16-8-7-15(21-22-16)17(23)20-11-9-13-3-5-14(6-4-13)27(18,24)25/h3-8H,2,9-12H2,1H3,(H,19,22)(H,20,23)(H2,18,24,25). The molecule has 0 unspecified atom stereocenters. The molecule has 1 amide bonds. The number of carbonyl (C=O) groups is 1. The molecular weight excluding hydrogens is 370 g/mol. The van der Waals surface area contributed by atoms with Crippen molar-refractivity contribution in [2.75, 3.05) is 32.1 Å². The highest BCUT2D eigenvalue weighted by Crippen LogP contribution is 2.09. The number of sulfonamides is 1. The Bertz CT molecular complexity index is 839. The van der Waals surface area contributed by atoms with E-state index in [9.17, 15) is 13.2 Å². The van der Waals surface area contributed by atoms with Crippen LogP contribution in [0.3, 0.4) is 0 Å². The van der Waals surface area contributed by atoms with Gasteiger partial charge in [0.1, 0.15) is 5.82 Å². The lowest BCUT2D eigenvalue weighted by Gasteiger charge is -2.07. The van der Waals surface area contributed by atoms with Crippen molar-refractivity contribution in [1.29, 1.82) is 0 Å². The largest absolute Gasteiger partial charge is 0.385 e. The number of aromatic nitrogens is 2. The Morgan fingerprint density at radius 2 is 1.85 bits per heavy atom. The van der Waals surface area contributed by atoms with Gasteiger partial charge in [-0.05, 0) is 42.7 Å². The van der Waals surface area contributed by atoms with Crippen LogP contribution in [0.15, 0.2) is 41.3 Å². The number of amides is 1. The Kier molecular flexibility index (Phi) is 7.65. The fraction of sp³-hybridized carbons (Fsp3) is 0.353. The van der Waals surface area contributed by atoms with Crippen molar-refractivity contribution in [3.63, 3.8) is 0 Å². The molecule has 0 radical (unpaired) electrons. The average molecular weight is 393 g/mol. The van der Waals surface area contributed by atoms with Crippen LogP contribution in [0.5, 0.6) is 0 Å². The highest BCUT2D eigenvalue weighted by Gasteiger charge is 2.09. The number of anilines is 1. The summed E-state index contributed by atoms with van der Waals surface area (Å²) in [5.41, 5.74) is 1.10.